The van der Waals surface area contributed by atoms with Crippen molar-refractivity contribution in [1.29, 1.82) is 0 Å². The van der Waals surface area contributed by atoms with Crippen LogP contribution in [-0.2, 0) is 9.59 Å². The van der Waals surface area contributed by atoms with E-state index in [1.807, 2.05) is 0 Å². The van der Waals surface area contributed by atoms with Gasteiger partial charge in [0.15, 0.2) is 0 Å². The zero-order chi connectivity index (χ0) is 9.84. The van der Waals surface area contributed by atoms with E-state index in [0.29, 0.717) is 25.6 Å². The first kappa shape index (κ1) is 10.0. The molecule has 1 aliphatic rings. The normalized spacial score (nSPS) is 17.9. The summed E-state index contributed by atoms with van der Waals surface area (Å²) in [7, 11) is 0. The fourth-order valence-electron chi connectivity index (χ4n) is 1.25. The van der Waals surface area contributed by atoms with Crippen LogP contribution in [0, 0.1) is 5.92 Å². The number of carbonyl (C=O) groups is 2. The van der Waals surface area contributed by atoms with Gasteiger partial charge in [-0.1, -0.05) is 13.8 Å². The first-order valence-electron chi connectivity index (χ1n) is 4.68. The van der Waals surface area contributed by atoms with Gasteiger partial charge in [-0.05, 0) is 12.3 Å². The largest absolute Gasteiger partial charge is 0.346 e. The van der Waals surface area contributed by atoms with Crippen LogP contribution in [0.3, 0.4) is 0 Å². The van der Waals surface area contributed by atoms with Crippen LogP contribution >= 0.6 is 0 Å². The second-order valence-corrected chi connectivity index (χ2v) is 3.73. The second-order valence-electron chi connectivity index (χ2n) is 3.73. The van der Waals surface area contributed by atoms with Crippen molar-refractivity contribution in [1.82, 2.24) is 10.2 Å². The van der Waals surface area contributed by atoms with Crippen molar-refractivity contribution >= 4 is 11.8 Å². The highest BCUT2D eigenvalue weighted by Gasteiger charge is 2.25. The summed E-state index contributed by atoms with van der Waals surface area (Å²) < 4.78 is 0. The average molecular weight is 184 g/mol. The molecular weight excluding hydrogens is 168 g/mol. The minimum absolute atomic E-state index is 0.382. The van der Waals surface area contributed by atoms with Gasteiger partial charge in [0.2, 0.25) is 0 Å². The van der Waals surface area contributed by atoms with Crippen LogP contribution in [0.4, 0.5) is 0 Å². The zero-order valence-corrected chi connectivity index (χ0v) is 8.17. The lowest BCUT2D eigenvalue weighted by molar-refractivity contribution is -0.148. The van der Waals surface area contributed by atoms with E-state index >= 15 is 0 Å². The molecule has 0 aromatic heterocycles. The highest BCUT2D eigenvalue weighted by molar-refractivity contribution is 6.35. The van der Waals surface area contributed by atoms with E-state index < -0.39 is 5.91 Å². The molecule has 0 unspecified atom stereocenters. The fraction of sp³-hybridized carbons (Fsp3) is 0.778. The summed E-state index contributed by atoms with van der Waals surface area (Å²) in [5, 5.41) is 2.52. The van der Waals surface area contributed by atoms with Crippen molar-refractivity contribution in [3.63, 3.8) is 0 Å². The van der Waals surface area contributed by atoms with Crippen LogP contribution in [0.15, 0.2) is 0 Å². The standard InChI is InChI=1S/C9H16N2O2/c1-7(2)3-5-11-6-4-10-8(12)9(11)13/h7H,3-6H2,1-2H3,(H,10,12). The molecular formula is C9H16N2O2. The van der Waals surface area contributed by atoms with Gasteiger partial charge in [-0.25, -0.2) is 0 Å². The molecule has 0 saturated carbocycles. The summed E-state index contributed by atoms with van der Waals surface area (Å²) in [4.78, 5) is 23.8. The SMILES string of the molecule is CC(C)CCN1CCNC(=O)C1=O. The molecule has 0 spiro atoms. The smallest absolute Gasteiger partial charge is 0.311 e. The maximum absolute atomic E-state index is 11.3. The summed E-state index contributed by atoms with van der Waals surface area (Å²) >= 11 is 0. The summed E-state index contributed by atoms with van der Waals surface area (Å²) in [6.07, 6.45) is 0.957. The van der Waals surface area contributed by atoms with E-state index in [2.05, 4.69) is 19.2 Å². The molecule has 4 heteroatoms. The molecule has 0 radical (unpaired) electrons. The highest BCUT2D eigenvalue weighted by atomic mass is 16.2. The van der Waals surface area contributed by atoms with Gasteiger partial charge >= 0.3 is 11.8 Å². The molecule has 74 valence electrons. The number of carbonyl (C=O) groups excluding carboxylic acids is 2. The maximum Gasteiger partial charge on any atom is 0.311 e. The Labute approximate surface area is 78.3 Å². The Kier molecular flexibility index (Phi) is 3.28. The maximum atomic E-state index is 11.3. The predicted molar refractivity (Wildman–Crippen MR) is 49.0 cm³/mol. The van der Waals surface area contributed by atoms with Crippen molar-refractivity contribution in [3.05, 3.63) is 0 Å². The Morgan fingerprint density at radius 3 is 2.77 bits per heavy atom. The monoisotopic (exact) mass is 184 g/mol. The van der Waals surface area contributed by atoms with Gasteiger partial charge in [-0.15, -0.1) is 0 Å². The Balaban J connectivity index is 2.40. The van der Waals surface area contributed by atoms with Gasteiger partial charge in [-0.2, -0.15) is 0 Å². The number of hydrogen-bond donors (Lipinski definition) is 1. The molecule has 1 fully saturated rings. The lowest BCUT2D eigenvalue weighted by Crippen LogP contribution is -2.52. The topological polar surface area (TPSA) is 49.4 Å². The number of nitrogens with one attached hydrogen (secondary N) is 1. The van der Waals surface area contributed by atoms with E-state index in [1.165, 1.54) is 0 Å². The minimum Gasteiger partial charge on any atom is -0.346 e. The van der Waals surface area contributed by atoms with Crippen LogP contribution in [0.2, 0.25) is 0 Å². The van der Waals surface area contributed by atoms with E-state index in [9.17, 15) is 9.59 Å². The van der Waals surface area contributed by atoms with E-state index in [1.54, 1.807) is 4.90 Å². The van der Waals surface area contributed by atoms with Crippen molar-refractivity contribution in [2.75, 3.05) is 19.6 Å². The van der Waals surface area contributed by atoms with Gasteiger partial charge in [0.25, 0.3) is 0 Å². The third-order valence-corrected chi connectivity index (χ3v) is 2.13. The molecule has 0 aromatic rings. The Bertz CT molecular complexity index is 214. The van der Waals surface area contributed by atoms with Crippen molar-refractivity contribution < 1.29 is 9.59 Å². The Morgan fingerprint density at radius 2 is 2.15 bits per heavy atom. The third-order valence-electron chi connectivity index (χ3n) is 2.13. The summed E-state index contributed by atoms with van der Waals surface area (Å²) in [6.45, 7) is 6.15. The quantitative estimate of drug-likeness (QED) is 0.627. The molecule has 1 rings (SSSR count). The molecule has 4 nitrogen and oxygen atoms in total. The zero-order valence-electron chi connectivity index (χ0n) is 8.17. The van der Waals surface area contributed by atoms with Gasteiger partial charge in [-0.3, -0.25) is 9.59 Å². The third kappa shape index (κ3) is 2.72. The first-order valence-corrected chi connectivity index (χ1v) is 4.68. The van der Waals surface area contributed by atoms with Gasteiger partial charge in [0.1, 0.15) is 0 Å². The molecule has 0 bridgehead atoms. The van der Waals surface area contributed by atoms with E-state index in [0.717, 1.165) is 6.42 Å². The van der Waals surface area contributed by atoms with Crippen LogP contribution in [0.25, 0.3) is 0 Å². The Morgan fingerprint density at radius 1 is 1.46 bits per heavy atom. The van der Waals surface area contributed by atoms with Crippen molar-refractivity contribution in [3.8, 4) is 0 Å². The van der Waals surface area contributed by atoms with Crippen LogP contribution in [0.5, 0.6) is 0 Å². The lowest BCUT2D eigenvalue weighted by atomic mass is 10.1. The lowest BCUT2D eigenvalue weighted by Gasteiger charge is -2.26. The van der Waals surface area contributed by atoms with Crippen molar-refractivity contribution in [2.45, 2.75) is 20.3 Å². The Hall–Kier alpha value is -1.06. The molecule has 1 saturated heterocycles. The fourth-order valence-corrected chi connectivity index (χ4v) is 1.25. The van der Waals surface area contributed by atoms with Crippen LogP contribution in [-0.4, -0.2) is 36.3 Å². The minimum atomic E-state index is -0.463. The summed E-state index contributed by atoms with van der Waals surface area (Å²) in [5.41, 5.74) is 0. The molecule has 1 heterocycles. The molecule has 1 aliphatic heterocycles. The van der Waals surface area contributed by atoms with E-state index in [4.69, 9.17) is 0 Å². The first-order chi connectivity index (χ1) is 6.11. The number of rotatable bonds is 3. The number of nitrogens with zero attached hydrogens (tertiary/aromatic N) is 1. The van der Waals surface area contributed by atoms with Crippen LogP contribution in [0.1, 0.15) is 20.3 Å². The summed E-state index contributed by atoms with van der Waals surface area (Å²) in [6, 6.07) is 0. The number of piperazine rings is 1. The van der Waals surface area contributed by atoms with Crippen LogP contribution < -0.4 is 5.32 Å². The predicted octanol–water partition coefficient (Wildman–Crippen LogP) is -0.00910. The highest BCUT2D eigenvalue weighted by Crippen LogP contribution is 2.03. The molecule has 1 N–H and O–H groups in total. The van der Waals surface area contributed by atoms with E-state index in [-0.39, 0.29) is 5.91 Å². The molecule has 0 aromatic carbocycles. The number of amides is 2. The number of hydrogen-bond acceptors (Lipinski definition) is 2. The second kappa shape index (κ2) is 4.25. The summed E-state index contributed by atoms with van der Waals surface area (Å²) in [5.74, 6) is -0.278. The van der Waals surface area contributed by atoms with Gasteiger partial charge in [0.05, 0.1) is 0 Å². The molecule has 0 atom stereocenters. The molecule has 13 heavy (non-hydrogen) atoms. The molecule has 0 aliphatic carbocycles. The van der Waals surface area contributed by atoms with Crippen molar-refractivity contribution in [2.24, 2.45) is 5.92 Å². The molecule has 2 amide bonds. The average Bonchev–Trinajstić information content (AvgIpc) is 2.07. The van der Waals surface area contributed by atoms with Gasteiger partial charge < -0.3 is 10.2 Å². The van der Waals surface area contributed by atoms with Gasteiger partial charge in [0, 0.05) is 19.6 Å².